The van der Waals surface area contributed by atoms with Crippen LogP contribution in [0.3, 0.4) is 0 Å². The molecule has 0 radical (unpaired) electrons. The van der Waals surface area contributed by atoms with Gasteiger partial charge < -0.3 is 4.74 Å². The molecule has 0 amide bonds. The lowest BCUT2D eigenvalue weighted by Crippen LogP contribution is -2.10. The van der Waals surface area contributed by atoms with E-state index in [0.717, 1.165) is 18.2 Å². The number of halogens is 8. The third-order valence-corrected chi connectivity index (χ3v) is 4.32. The smallest absolute Gasteiger partial charge is 0.424 e. The summed E-state index contributed by atoms with van der Waals surface area (Å²) in [6, 6.07) is 7.53. The molecular weight excluding hydrogens is 445 g/mol. The zero-order valence-electron chi connectivity index (χ0n) is 13.9. The second kappa shape index (κ2) is 7.72. The highest BCUT2D eigenvalue weighted by atomic mass is 35.5. The van der Waals surface area contributed by atoms with Crippen molar-refractivity contribution in [2.75, 3.05) is 0 Å². The fourth-order valence-corrected chi connectivity index (χ4v) is 2.56. The van der Waals surface area contributed by atoms with Gasteiger partial charge in [0.2, 0.25) is 0 Å². The van der Waals surface area contributed by atoms with Gasteiger partial charge in [0, 0.05) is 5.56 Å². The maximum Gasteiger partial charge on any atom is 0.433 e. The standard InChI is InChI=1S/C18H8Cl2F6N2O/c19-12-5-4-9(6-13(12)20)14-8-15(18(24,25)26)28-16(27-14)29-11-3-1-2-10(7-11)17(21,22)23/h1-8H. The predicted octanol–water partition coefficient (Wildman–Crippen LogP) is 7.28. The molecular formula is C18H8Cl2F6N2O. The third kappa shape index (κ3) is 5.10. The third-order valence-electron chi connectivity index (χ3n) is 3.58. The number of alkyl halides is 6. The molecule has 3 rings (SSSR count). The minimum Gasteiger partial charge on any atom is -0.424 e. The summed E-state index contributed by atoms with van der Waals surface area (Å²) in [5.41, 5.74) is -2.39. The Bertz CT molecular complexity index is 1050. The molecule has 0 aliphatic carbocycles. The molecule has 152 valence electrons. The molecule has 3 aromatic rings. The first kappa shape index (κ1) is 21.2. The van der Waals surface area contributed by atoms with Gasteiger partial charge in [0.25, 0.3) is 0 Å². The number of ether oxygens (including phenoxy) is 1. The first-order valence-corrected chi connectivity index (χ1v) is 8.46. The molecule has 0 atom stereocenters. The van der Waals surface area contributed by atoms with Crippen LogP contribution >= 0.6 is 23.2 Å². The summed E-state index contributed by atoms with van der Waals surface area (Å²) >= 11 is 11.7. The molecule has 0 N–H and O–H groups in total. The molecule has 1 aromatic heterocycles. The van der Waals surface area contributed by atoms with Crippen LogP contribution in [0.25, 0.3) is 11.3 Å². The maximum atomic E-state index is 13.2. The molecule has 0 aliphatic rings. The van der Waals surface area contributed by atoms with Crippen molar-refractivity contribution in [3.63, 3.8) is 0 Å². The van der Waals surface area contributed by atoms with Crippen LogP contribution in [0.5, 0.6) is 11.8 Å². The molecule has 3 nitrogen and oxygen atoms in total. The zero-order valence-corrected chi connectivity index (χ0v) is 15.5. The lowest BCUT2D eigenvalue weighted by atomic mass is 10.1. The number of benzene rings is 2. The average Bonchev–Trinajstić information content (AvgIpc) is 2.62. The Balaban J connectivity index is 2.06. The van der Waals surface area contributed by atoms with Gasteiger partial charge in [-0.25, -0.2) is 0 Å². The van der Waals surface area contributed by atoms with Crippen molar-refractivity contribution in [1.82, 2.24) is 9.97 Å². The summed E-state index contributed by atoms with van der Waals surface area (Å²) in [5.74, 6) is -0.376. The van der Waals surface area contributed by atoms with Crippen LogP contribution in [-0.2, 0) is 12.4 Å². The number of hydrogen-bond donors (Lipinski definition) is 0. The minimum absolute atomic E-state index is 0.0803. The topological polar surface area (TPSA) is 35.0 Å². The van der Waals surface area contributed by atoms with E-state index in [-0.39, 0.29) is 27.1 Å². The number of nitrogens with zero attached hydrogens (tertiary/aromatic N) is 2. The number of rotatable bonds is 3. The van der Waals surface area contributed by atoms with Gasteiger partial charge in [0.05, 0.1) is 21.3 Å². The Hall–Kier alpha value is -2.52. The number of aromatic nitrogens is 2. The van der Waals surface area contributed by atoms with Crippen LogP contribution in [0.4, 0.5) is 26.3 Å². The maximum absolute atomic E-state index is 13.2. The SMILES string of the molecule is FC(F)(F)c1cccc(Oc2nc(-c3ccc(Cl)c(Cl)c3)cc(C(F)(F)F)n2)c1. The lowest BCUT2D eigenvalue weighted by molar-refractivity contribution is -0.141. The van der Waals surface area contributed by atoms with E-state index in [0.29, 0.717) is 12.1 Å². The largest absolute Gasteiger partial charge is 0.433 e. The average molecular weight is 453 g/mol. The van der Waals surface area contributed by atoms with Gasteiger partial charge in [0.1, 0.15) is 5.75 Å². The summed E-state index contributed by atoms with van der Waals surface area (Å²) in [7, 11) is 0. The summed E-state index contributed by atoms with van der Waals surface area (Å²) < 4.78 is 83.2. The molecule has 0 saturated carbocycles. The molecule has 0 bridgehead atoms. The van der Waals surface area contributed by atoms with Gasteiger partial charge >= 0.3 is 18.4 Å². The summed E-state index contributed by atoms with van der Waals surface area (Å²) in [4.78, 5) is 7.12. The summed E-state index contributed by atoms with van der Waals surface area (Å²) in [6.45, 7) is 0. The van der Waals surface area contributed by atoms with Crippen molar-refractivity contribution < 1.29 is 31.1 Å². The van der Waals surface area contributed by atoms with Crippen LogP contribution < -0.4 is 4.74 Å². The fourth-order valence-electron chi connectivity index (χ4n) is 2.26. The van der Waals surface area contributed by atoms with E-state index in [1.165, 1.54) is 18.2 Å². The predicted molar refractivity (Wildman–Crippen MR) is 94.0 cm³/mol. The van der Waals surface area contributed by atoms with Gasteiger partial charge in [-0.05, 0) is 36.4 Å². The number of hydrogen-bond acceptors (Lipinski definition) is 3. The van der Waals surface area contributed by atoms with Crippen molar-refractivity contribution in [2.45, 2.75) is 12.4 Å². The van der Waals surface area contributed by atoms with E-state index in [1.54, 1.807) is 0 Å². The Morgan fingerprint density at radius 3 is 2.10 bits per heavy atom. The van der Waals surface area contributed by atoms with E-state index >= 15 is 0 Å². The van der Waals surface area contributed by atoms with Crippen LogP contribution in [0, 0.1) is 0 Å². The van der Waals surface area contributed by atoms with Gasteiger partial charge in [0.15, 0.2) is 5.69 Å². The first-order valence-electron chi connectivity index (χ1n) is 7.70. The summed E-state index contributed by atoms with van der Waals surface area (Å²) in [5, 5.41) is 0.262. The zero-order chi connectivity index (χ0) is 21.4. The quantitative estimate of drug-likeness (QED) is 0.391. The Morgan fingerprint density at radius 1 is 0.759 bits per heavy atom. The second-order valence-electron chi connectivity index (χ2n) is 5.68. The van der Waals surface area contributed by atoms with E-state index in [9.17, 15) is 26.3 Å². The fraction of sp³-hybridized carbons (Fsp3) is 0.111. The van der Waals surface area contributed by atoms with E-state index < -0.39 is 29.6 Å². The minimum atomic E-state index is -4.85. The molecule has 0 aliphatic heterocycles. The van der Waals surface area contributed by atoms with E-state index in [4.69, 9.17) is 27.9 Å². The Labute approximate surface area is 169 Å². The van der Waals surface area contributed by atoms with Crippen molar-refractivity contribution in [3.05, 3.63) is 69.8 Å². The van der Waals surface area contributed by atoms with Crippen LogP contribution in [0.1, 0.15) is 11.3 Å². The highest BCUT2D eigenvalue weighted by Crippen LogP contribution is 2.35. The van der Waals surface area contributed by atoms with E-state index in [1.807, 2.05) is 0 Å². The van der Waals surface area contributed by atoms with Gasteiger partial charge in [-0.2, -0.15) is 36.3 Å². The normalized spacial score (nSPS) is 12.1. The molecule has 0 saturated heterocycles. The molecule has 0 fully saturated rings. The second-order valence-corrected chi connectivity index (χ2v) is 6.49. The molecule has 0 spiro atoms. The molecule has 2 aromatic carbocycles. The molecule has 1 heterocycles. The Morgan fingerprint density at radius 2 is 1.48 bits per heavy atom. The van der Waals surface area contributed by atoms with Gasteiger partial charge in [-0.15, -0.1) is 0 Å². The molecule has 11 heteroatoms. The van der Waals surface area contributed by atoms with Crippen molar-refractivity contribution in [2.24, 2.45) is 0 Å². The highest BCUT2D eigenvalue weighted by molar-refractivity contribution is 6.42. The van der Waals surface area contributed by atoms with Gasteiger partial charge in [-0.1, -0.05) is 35.3 Å². The molecule has 29 heavy (non-hydrogen) atoms. The van der Waals surface area contributed by atoms with Crippen LogP contribution in [-0.4, -0.2) is 9.97 Å². The van der Waals surface area contributed by atoms with Crippen LogP contribution in [0.15, 0.2) is 48.5 Å². The van der Waals surface area contributed by atoms with Gasteiger partial charge in [-0.3, -0.25) is 0 Å². The lowest BCUT2D eigenvalue weighted by Gasteiger charge is -2.12. The highest BCUT2D eigenvalue weighted by Gasteiger charge is 2.34. The monoisotopic (exact) mass is 452 g/mol. The summed E-state index contributed by atoms with van der Waals surface area (Å²) in [6.07, 6.45) is -9.50. The van der Waals surface area contributed by atoms with Crippen LogP contribution in [0.2, 0.25) is 10.0 Å². The first-order chi connectivity index (χ1) is 13.4. The Kier molecular flexibility index (Phi) is 5.64. The van der Waals surface area contributed by atoms with Crippen molar-refractivity contribution >= 4 is 23.2 Å². The van der Waals surface area contributed by atoms with Crippen molar-refractivity contribution in [3.8, 4) is 23.0 Å². The van der Waals surface area contributed by atoms with Crippen molar-refractivity contribution in [1.29, 1.82) is 0 Å². The van der Waals surface area contributed by atoms with E-state index in [2.05, 4.69) is 9.97 Å². The molecule has 0 unspecified atom stereocenters.